The molecule has 0 aromatic heterocycles. The summed E-state index contributed by atoms with van der Waals surface area (Å²) in [4.78, 5) is 10.8. The fraction of sp³-hybridized carbons (Fsp3) is 0.273. The first-order valence-electron chi connectivity index (χ1n) is 4.72. The van der Waals surface area contributed by atoms with Crippen LogP contribution in [0.5, 0.6) is 0 Å². The number of aromatic carboxylic acids is 1. The highest BCUT2D eigenvalue weighted by molar-refractivity contribution is 9.10. The highest BCUT2D eigenvalue weighted by Gasteiger charge is 2.19. The van der Waals surface area contributed by atoms with Gasteiger partial charge in [-0.1, -0.05) is 15.9 Å². The second kappa shape index (κ2) is 5.77. The Morgan fingerprint density at radius 1 is 1.41 bits per heavy atom. The van der Waals surface area contributed by atoms with Crippen LogP contribution >= 0.6 is 15.9 Å². The maximum absolute atomic E-state index is 10.8. The van der Waals surface area contributed by atoms with Crippen LogP contribution in [-0.2, 0) is 0 Å². The number of carboxylic acid groups (broad SMARTS) is 1. The summed E-state index contributed by atoms with van der Waals surface area (Å²) in [6.45, 7) is 0. The van der Waals surface area contributed by atoms with E-state index >= 15 is 0 Å². The summed E-state index contributed by atoms with van der Waals surface area (Å²) in [6.07, 6.45) is -2.75. The molecule has 2 atom stereocenters. The maximum Gasteiger partial charge on any atom is 0.335 e. The van der Waals surface area contributed by atoms with Gasteiger partial charge in [-0.15, -0.1) is 0 Å². The first-order valence-corrected chi connectivity index (χ1v) is 5.52. The number of halogens is 1. The minimum Gasteiger partial charge on any atom is -0.478 e. The Morgan fingerprint density at radius 2 is 2.06 bits per heavy atom. The third-order valence-electron chi connectivity index (χ3n) is 2.17. The van der Waals surface area contributed by atoms with Crippen LogP contribution in [0.3, 0.4) is 0 Å². The average Bonchev–Trinajstić information content (AvgIpc) is 2.27. The van der Waals surface area contributed by atoms with Gasteiger partial charge in [0.2, 0.25) is 0 Å². The smallest absolute Gasteiger partial charge is 0.335 e. The Bertz CT molecular complexity index is 469. The van der Waals surface area contributed by atoms with Gasteiger partial charge >= 0.3 is 5.97 Å². The maximum atomic E-state index is 10.8. The zero-order chi connectivity index (χ0) is 13.0. The predicted molar refractivity (Wildman–Crippen MR) is 62.3 cm³/mol. The third kappa shape index (κ3) is 3.53. The fourth-order valence-electron chi connectivity index (χ4n) is 1.33. The summed E-state index contributed by atoms with van der Waals surface area (Å²) < 4.78 is 0.482. The van der Waals surface area contributed by atoms with Crippen LogP contribution in [0.25, 0.3) is 0 Å². The van der Waals surface area contributed by atoms with Crippen LogP contribution in [0.1, 0.15) is 28.4 Å². The Labute approximate surface area is 106 Å². The van der Waals surface area contributed by atoms with Crippen LogP contribution in [0.15, 0.2) is 22.7 Å². The van der Waals surface area contributed by atoms with Crippen molar-refractivity contribution in [2.75, 3.05) is 0 Å². The molecule has 90 valence electrons. The van der Waals surface area contributed by atoms with Crippen LogP contribution in [0.2, 0.25) is 0 Å². The van der Waals surface area contributed by atoms with Crippen molar-refractivity contribution in [1.29, 1.82) is 5.26 Å². The van der Waals surface area contributed by atoms with Crippen LogP contribution in [0, 0.1) is 11.3 Å². The monoisotopic (exact) mass is 299 g/mol. The molecule has 1 rings (SSSR count). The zero-order valence-corrected chi connectivity index (χ0v) is 10.3. The van der Waals surface area contributed by atoms with E-state index in [1.54, 1.807) is 6.07 Å². The molecule has 0 bridgehead atoms. The molecule has 1 aromatic carbocycles. The molecule has 0 radical (unpaired) electrons. The van der Waals surface area contributed by atoms with Gasteiger partial charge in [0.05, 0.1) is 24.2 Å². The van der Waals surface area contributed by atoms with Crippen LogP contribution in [0.4, 0.5) is 0 Å². The molecule has 0 saturated heterocycles. The number of nitrogens with zero attached hydrogens (tertiary/aromatic N) is 1. The summed E-state index contributed by atoms with van der Waals surface area (Å²) in [5.41, 5.74) is 0.247. The molecular weight excluding hydrogens is 290 g/mol. The number of carbonyl (C=O) groups is 1. The first kappa shape index (κ1) is 13.6. The summed E-state index contributed by atoms with van der Waals surface area (Å²) >= 11 is 3.12. The molecule has 3 N–H and O–H groups in total. The van der Waals surface area contributed by atoms with Crippen molar-refractivity contribution >= 4 is 21.9 Å². The van der Waals surface area contributed by atoms with E-state index in [1.165, 1.54) is 18.2 Å². The molecule has 0 saturated carbocycles. The van der Waals surface area contributed by atoms with Gasteiger partial charge in [0, 0.05) is 4.47 Å². The van der Waals surface area contributed by atoms with Crippen molar-refractivity contribution in [3.63, 3.8) is 0 Å². The zero-order valence-electron chi connectivity index (χ0n) is 8.67. The van der Waals surface area contributed by atoms with Gasteiger partial charge in [-0.25, -0.2) is 4.79 Å². The number of aliphatic hydroxyl groups is 2. The lowest BCUT2D eigenvalue weighted by Gasteiger charge is -2.16. The third-order valence-corrected chi connectivity index (χ3v) is 2.63. The van der Waals surface area contributed by atoms with Crippen LogP contribution in [-0.4, -0.2) is 27.4 Å². The van der Waals surface area contributed by atoms with Gasteiger partial charge in [-0.3, -0.25) is 0 Å². The first-order chi connectivity index (χ1) is 7.95. The van der Waals surface area contributed by atoms with Crippen molar-refractivity contribution in [2.45, 2.75) is 18.6 Å². The van der Waals surface area contributed by atoms with E-state index in [-0.39, 0.29) is 17.5 Å². The van der Waals surface area contributed by atoms with Gasteiger partial charge in [0.1, 0.15) is 6.10 Å². The summed E-state index contributed by atoms with van der Waals surface area (Å²) in [7, 11) is 0. The molecule has 0 heterocycles. The minimum atomic E-state index is -1.29. The number of rotatable bonds is 4. The van der Waals surface area contributed by atoms with Gasteiger partial charge in [-0.2, -0.15) is 5.26 Å². The quantitative estimate of drug-likeness (QED) is 0.781. The Balaban J connectivity index is 3.06. The fourth-order valence-corrected chi connectivity index (χ4v) is 1.84. The van der Waals surface area contributed by atoms with Crippen molar-refractivity contribution in [2.24, 2.45) is 0 Å². The molecule has 0 amide bonds. The van der Waals surface area contributed by atoms with E-state index in [2.05, 4.69) is 15.9 Å². The molecule has 17 heavy (non-hydrogen) atoms. The summed E-state index contributed by atoms with van der Waals surface area (Å²) in [5.74, 6) is -1.13. The van der Waals surface area contributed by atoms with Crippen molar-refractivity contribution in [3.05, 3.63) is 33.8 Å². The van der Waals surface area contributed by atoms with E-state index < -0.39 is 18.2 Å². The number of nitriles is 1. The number of hydrogen-bond donors (Lipinski definition) is 3. The lowest BCUT2D eigenvalue weighted by atomic mass is 10.0. The molecule has 2 unspecified atom stereocenters. The van der Waals surface area contributed by atoms with Crippen molar-refractivity contribution < 1.29 is 20.1 Å². The van der Waals surface area contributed by atoms with Gasteiger partial charge < -0.3 is 15.3 Å². The molecular formula is C11H10BrNO4. The molecule has 6 heteroatoms. The molecule has 0 fully saturated rings. The molecule has 0 aliphatic carbocycles. The van der Waals surface area contributed by atoms with Gasteiger partial charge in [0.15, 0.2) is 0 Å². The Morgan fingerprint density at radius 3 is 2.59 bits per heavy atom. The number of carboxylic acids is 1. The minimum absolute atomic E-state index is 0.00224. The van der Waals surface area contributed by atoms with Gasteiger partial charge in [0.25, 0.3) is 0 Å². The Kier molecular flexibility index (Phi) is 4.63. The topological polar surface area (TPSA) is 102 Å². The van der Waals surface area contributed by atoms with E-state index in [1.807, 2.05) is 0 Å². The highest BCUT2D eigenvalue weighted by atomic mass is 79.9. The summed E-state index contributed by atoms with van der Waals surface area (Å²) in [6, 6.07) is 5.88. The molecule has 0 aliphatic rings. The van der Waals surface area contributed by atoms with E-state index in [0.717, 1.165) is 0 Å². The normalized spacial score (nSPS) is 13.8. The Hall–Kier alpha value is -1.42. The molecule has 0 spiro atoms. The number of benzene rings is 1. The van der Waals surface area contributed by atoms with E-state index in [4.69, 9.17) is 10.4 Å². The van der Waals surface area contributed by atoms with Gasteiger partial charge in [-0.05, 0) is 23.8 Å². The molecule has 0 aliphatic heterocycles. The second-order valence-electron chi connectivity index (χ2n) is 3.45. The highest BCUT2D eigenvalue weighted by Crippen LogP contribution is 2.24. The van der Waals surface area contributed by atoms with Crippen molar-refractivity contribution in [1.82, 2.24) is 0 Å². The number of hydrogen-bond acceptors (Lipinski definition) is 4. The predicted octanol–water partition coefficient (Wildman–Crippen LogP) is 1.46. The van der Waals surface area contributed by atoms with E-state index in [9.17, 15) is 15.0 Å². The molecule has 5 nitrogen and oxygen atoms in total. The summed E-state index contributed by atoms with van der Waals surface area (Å²) in [5, 5.41) is 36.4. The number of aliphatic hydroxyl groups excluding tert-OH is 2. The lowest BCUT2D eigenvalue weighted by Crippen LogP contribution is -2.18. The SMILES string of the molecule is N#CCC(O)C(O)c1cc(Br)cc(C(=O)O)c1. The largest absolute Gasteiger partial charge is 0.478 e. The van der Waals surface area contributed by atoms with E-state index in [0.29, 0.717) is 4.47 Å². The lowest BCUT2D eigenvalue weighted by molar-refractivity contribution is 0.0215. The molecule has 1 aromatic rings. The van der Waals surface area contributed by atoms with Crippen LogP contribution < -0.4 is 0 Å². The second-order valence-corrected chi connectivity index (χ2v) is 4.37. The standard InChI is InChI=1S/C11H10BrNO4/c12-8-4-6(3-7(5-8)11(16)17)10(15)9(14)1-2-13/h3-5,9-10,14-15H,1H2,(H,16,17). The van der Waals surface area contributed by atoms with Crippen molar-refractivity contribution in [3.8, 4) is 6.07 Å². The average molecular weight is 300 g/mol.